The molecule has 0 aliphatic carbocycles. The Morgan fingerprint density at radius 3 is 2.40 bits per heavy atom. The second kappa shape index (κ2) is 13.9. The zero-order valence-corrected chi connectivity index (χ0v) is 22.3. The van der Waals surface area contributed by atoms with Gasteiger partial charge < -0.3 is 25.3 Å². The van der Waals surface area contributed by atoms with Crippen molar-refractivity contribution in [3.05, 3.63) is 125 Å². The van der Waals surface area contributed by atoms with Gasteiger partial charge in [-0.1, -0.05) is 66.7 Å². The van der Waals surface area contributed by atoms with Gasteiger partial charge in [0.2, 0.25) is 0 Å². The van der Waals surface area contributed by atoms with Crippen molar-refractivity contribution in [3.63, 3.8) is 0 Å². The molecule has 5 aromatic rings. The number of carboxylic acids is 1. The SMILES string of the molecule is CNCc1ccccc1.NCc1cccc(-c2cc(COc3ccccc3CC(=O)O)cc3cc(C=O)oc23)c1. The van der Waals surface area contributed by atoms with Gasteiger partial charge in [0.1, 0.15) is 17.9 Å². The number of aldehydes is 1. The van der Waals surface area contributed by atoms with E-state index in [0.29, 0.717) is 29.7 Å². The van der Waals surface area contributed by atoms with Gasteiger partial charge in [-0.2, -0.15) is 0 Å². The quantitative estimate of drug-likeness (QED) is 0.188. The number of carbonyl (C=O) groups excluding carboxylic acids is 1. The summed E-state index contributed by atoms with van der Waals surface area (Å²) in [5.41, 5.74) is 12.0. The van der Waals surface area contributed by atoms with E-state index in [1.54, 1.807) is 30.3 Å². The molecule has 0 spiro atoms. The number of hydrogen-bond donors (Lipinski definition) is 3. The Labute approximate surface area is 233 Å². The van der Waals surface area contributed by atoms with Crippen molar-refractivity contribution in [3.8, 4) is 16.9 Å². The maximum Gasteiger partial charge on any atom is 0.307 e. The summed E-state index contributed by atoms with van der Waals surface area (Å²) in [6.45, 7) is 1.61. The van der Waals surface area contributed by atoms with E-state index < -0.39 is 5.97 Å². The van der Waals surface area contributed by atoms with Crippen LogP contribution < -0.4 is 15.8 Å². The summed E-state index contributed by atoms with van der Waals surface area (Å²) in [6, 6.07) is 30.8. The zero-order chi connectivity index (χ0) is 28.3. The Kier molecular flexibility index (Phi) is 9.83. The Morgan fingerprint density at radius 1 is 0.925 bits per heavy atom. The summed E-state index contributed by atoms with van der Waals surface area (Å²) in [4.78, 5) is 22.4. The van der Waals surface area contributed by atoms with E-state index >= 15 is 0 Å². The number of carbonyl (C=O) groups is 2. The Balaban J connectivity index is 0.000000350. The minimum Gasteiger partial charge on any atom is -0.489 e. The lowest BCUT2D eigenvalue weighted by atomic mass is 9.99. The van der Waals surface area contributed by atoms with E-state index in [1.165, 1.54) is 5.56 Å². The molecule has 40 heavy (non-hydrogen) atoms. The highest BCUT2D eigenvalue weighted by molar-refractivity contribution is 5.96. The molecule has 0 saturated heterocycles. The maximum atomic E-state index is 11.3. The Hall–Kier alpha value is -4.72. The second-order valence-corrected chi connectivity index (χ2v) is 9.22. The van der Waals surface area contributed by atoms with Crippen LogP contribution in [-0.2, 0) is 30.9 Å². The number of aliphatic carboxylic acids is 1. The smallest absolute Gasteiger partial charge is 0.307 e. The van der Waals surface area contributed by atoms with Gasteiger partial charge >= 0.3 is 5.97 Å². The number of nitrogens with two attached hydrogens (primary N) is 1. The van der Waals surface area contributed by atoms with Crippen LogP contribution in [0.1, 0.15) is 32.8 Å². The summed E-state index contributed by atoms with van der Waals surface area (Å²) in [7, 11) is 1.95. The third-order valence-electron chi connectivity index (χ3n) is 6.22. The lowest BCUT2D eigenvalue weighted by Gasteiger charge is -2.12. The van der Waals surface area contributed by atoms with E-state index in [0.717, 1.165) is 34.2 Å². The fourth-order valence-corrected chi connectivity index (χ4v) is 4.37. The van der Waals surface area contributed by atoms with Crippen LogP contribution in [0.4, 0.5) is 0 Å². The predicted octanol–water partition coefficient (Wildman–Crippen LogP) is 5.98. The van der Waals surface area contributed by atoms with Crippen LogP contribution in [0.3, 0.4) is 0 Å². The average Bonchev–Trinajstić information content (AvgIpc) is 3.40. The van der Waals surface area contributed by atoms with Crippen molar-refractivity contribution >= 4 is 23.2 Å². The molecular formula is C33H32N2O5. The largest absolute Gasteiger partial charge is 0.489 e. The van der Waals surface area contributed by atoms with E-state index in [-0.39, 0.29) is 18.8 Å². The van der Waals surface area contributed by atoms with Crippen LogP contribution in [0.15, 0.2) is 101 Å². The summed E-state index contributed by atoms with van der Waals surface area (Å²) in [5.74, 6) is -0.145. The van der Waals surface area contributed by atoms with Crippen molar-refractivity contribution in [2.24, 2.45) is 5.73 Å². The molecule has 0 fully saturated rings. The van der Waals surface area contributed by atoms with Gasteiger partial charge in [-0.05, 0) is 59.6 Å². The highest BCUT2D eigenvalue weighted by atomic mass is 16.5. The number of furan rings is 1. The first-order valence-corrected chi connectivity index (χ1v) is 12.9. The number of benzene rings is 4. The van der Waals surface area contributed by atoms with Crippen LogP contribution in [-0.4, -0.2) is 24.4 Å². The third kappa shape index (κ3) is 7.44. The number of carboxylic acid groups (broad SMARTS) is 1. The number of hydrogen-bond acceptors (Lipinski definition) is 6. The van der Waals surface area contributed by atoms with Gasteiger partial charge in [-0.25, -0.2) is 0 Å². The zero-order valence-electron chi connectivity index (χ0n) is 22.3. The van der Waals surface area contributed by atoms with Gasteiger partial charge in [-0.15, -0.1) is 0 Å². The van der Waals surface area contributed by atoms with Crippen molar-refractivity contribution in [1.29, 1.82) is 0 Å². The molecule has 0 bridgehead atoms. The van der Waals surface area contributed by atoms with Crippen molar-refractivity contribution < 1.29 is 23.8 Å². The van der Waals surface area contributed by atoms with E-state index in [4.69, 9.17) is 20.0 Å². The number of rotatable bonds is 10. The van der Waals surface area contributed by atoms with Crippen LogP contribution in [0.5, 0.6) is 5.75 Å². The maximum absolute atomic E-state index is 11.3. The molecule has 4 aromatic carbocycles. The number of nitrogens with one attached hydrogen (secondary N) is 1. The van der Waals surface area contributed by atoms with E-state index in [1.807, 2.05) is 61.6 Å². The summed E-state index contributed by atoms with van der Waals surface area (Å²) < 4.78 is 11.7. The molecule has 7 heteroatoms. The van der Waals surface area contributed by atoms with Gasteiger partial charge in [0.25, 0.3) is 0 Å². The highest BCUT2D eigenvalue weighted by Gasteiger charge is 2.14. The summed E-state index contributed by atoms with van der Waals surface area (Å²) in [6.07, 6.45) is 0.565. The predicted molar refractivity (Wildman–Crippen MR) is 156 cm³/mol. The summed E-state index contributed by atoms with van der Waals surface area (Å²) >= 11 is 0. The fourth-order valence-electron chi connectivity index (χ4n) is 4.37. The molecule has 0 aliphatic rings. The van der Waals surface area contributed by atoms with Crippen molar-refractivity contribution in [2.75, 3.05) is 7.05 Å². The molecule has 0 atom stereocenters. The second-order valence-electron chi connectivity index (χ2n) is 9.22. The molecule has 1 heterocycles. The van der Waals surface area contributed by atoms with Gasteiger partial charge in [0, 0.05) is 29.6 Å². The highest BCUT2D eigenvalue weighted by Crippen LogP contribution is 2.33. The minimum absolute atomic E-state index is 0.114. The normalized spacial score (nSPS) is 10.6. The standard InChI is InChI=1S/C25H21NO5.C8H11N/c26-13-16-4-3-6-18(8-16)22-10-17(9-20-11-21(14-27)31-25(20)22)15-30-23-7-2-1-5-19(23)12-24(28)29;1-9-7-8-5-3-2-4-6-8/h1-11,14H,12-13,15,26H2,(H,28,29);2-6,9H,7H2,1H3. The van der Waals surface area contributed by atoms with E-state index in [9.17, 15) is 9.59 Å². The molecule has 1 aromatic heterocycles. The molecule has 0 aliphatic heterocycles. The van der Waals surface area contributed by atoms with Crippen molar-refractivity contribution in [1.82, 2.24) is 5.32 Å². The van der Waals surface area contributed by atoms with Crippen LogP contribution in [0.2, 0.25) is 0 Å². The minimum atomic E-state index is -0.917. The fraction of sp³-hybridized carbons (Fsp3) is 0.152. The monoisotopic (exact) mass is 536 g/mol. The average molecular weight is 537 g/mol. The molecular weight excluding hydrogens is 504 g/mol. The lowest BCUT2D eigenvalue weighted by Crippen LogP contribution is -2.04. The topological polar surface area (TPSA) is 115 Å². The first-order chi connectivity index (χ1) is 19.5. The van der Waals surface area contributed by atoms with Crippen LogP contribution in [0, 0.1) is 0 Å². The van der Waals surface area contributed by atoms with Gasteiger partial charge in [0.15, 0.2) is 12.0 Å². The van der Waals surface area contributed by atoms with E-state index in [2.05, 4.69) is 17.4 Å². The first-order valence-electron chi connectivity index (χ1n) is 12.9. The van der Waals surface area contributed by atoms with Gasteiger partial charge in [-0.3, -0.25) is 9.59 Å². The molecule has 0 unspecified atom stereocenters. The molecule has 204 valence electrons. The first kappa shape index (κ1) is 28.3. The number of para-hydroxylation sites is 1. The number of ether oxygens (including phenoxy) is 1. The summed E-state index contributed by atoms with van der Waals surface area (Å²) in [5, 5.41) is 13.0. The Morgan fingerprint density at radius 2 is 1.68 bits per heavy atom. The Bertz CT molecular complexity index is 1580. The molecule has 0 radical (unpaired) electrons. The van der Waals surface area contributed by atoms with Gasteiger partial charge in [0.05, 0.1) is 6.42 Å². The van der Waals surface area contributed by atoms with Crippen molar-refractivity contribution in [2.45, 2.75) is 26.1 Å². The molecule has 0 saturated carbocycles. The molecule has 5 rings (SSSR count). The lowest BCUT2D eigenvalue weighted by molar-refractivity contribution is -0.136. The molecule has 0 amide bonds. The number of fused-ring (bicyclic) bond motifs is 1. The molecule has 7 nitrogen and oxygen atoms in total. The van der Waals surface area contributed by atoms with Crippen LogP contribution in [0.25, 0.3) is 22.1 Å². The molecule has 4 N–H and O–H groups in total. The van der Waals surface area contributed by atoms with Crippen LogP contribution >= 0.6 is 0 Å². The third-order valence-corrected chi connectivity index (χ3v) is 6.22.